The van der Waals surface area contributed by atoms with Crippen molar-refractivity contribution < 1.29 is 9.53 Å². The molecule has 0 atom stereocenters. The number of ether oxygens (including phenoxy) is 1. The zero-order chi connectivity index (χ0) is 19.8. The number of carbonyl (C=O) groups is 1. The number of rotatable bonds is 10. The van der Waals surface area contributed by atoms with Gasteiger partial charge in [-0.2, -0.15) is 5.10 Å². The molecule has 0 aliphatic carbocycles. The fourth-order valence-corrected chi connectivity index (χ4v) is 3.94. The van der Waals surface area contributed by atoms with E-state index in [1.165, 1.54) is 0 Å². The van der Waals surface area contributed by atoms with Crippen LogP contribution in [0, 0.1) is 0 Å². The van der Waals surface area contributed by atoms with Crippen molar-refractivity contribution in [1.29, 1.82) is 0 Å². The highest BCUT2D eigenvalue weighted by molar-refractivity contribution is 9.09. The summed E-state index contributed by atoms with van der Waals surface area (Å²) in [4.78, 5) is 23.6. The van der Waals surface area contributed by atoms with E-state index in [1.54, 1.807) is 11.8 Å². The molecule has 8 nitrogen and oxygen atoms in total. The molecule has 1 fully saturated rings. The van der Waals surface area contributed by atoms with Gasteiger partial charge in [-0.3, -0.25) is 4.79 Å². The number of fused-ring (bicyclic) bond motifs is 1. The summed E-state index contributed by atoms with van der Waals surface area (Å²) in [7, 11) is 0. The number of thioether (sulfide) groups is 1. The monoisotopic (exact) mass is 470 g/mol. The average molecular weight is 471 g/mol. The fourth-order valence-electron chi connectivity index (χ4n) is 2.98. The van der Waals surface area contributed by atoms with Crippen molar-refractivity contribution in [2.24, 2.45) is 0 Å². The molecule has 2 aromatic heterocycles. The van der Waals surface area contributed by atoms with Gasteiger partial charge in [0.1, 0.15) is 5.82 Å². The summed E-state index contributed by atoms with van der Waals surface area (Å²) < 4.78 is 7.35. The number of amides is 1. The van der Waals surface area contributed by atoms with E-state index in [4.69, 9.17) is 14.7 Å². The molecule has 3 heterocycles. The highest BCUT2D eigenvalue weighted by Crippen LogP contribution is 2.28. The lowest BCUT2D eigenvalue weighted by atomic mass is 10.3. The van der Waals surface area contributed by atoms with E-state index in [0.29, 0.717) is 32.7 Å². The molecule has 3 rings (SSSR count). The summed E-state index contributed by atoms with van der Waals surface area (Å²) in [6.07, 6.45) is 4.27. The molecular weight excluding hydrogens is 444 g/mol. The number of halogens is 1. The van der Waals surface area contributed by atoms with Crippen LogP contribution in [0.2, 0.25) is 0 Å². The van der Waals surface area contributed by atoms with Crippen LogP contribution in [-0.4, -0.2) is 69.6 Å². The SMILES string of the molecule is CCCSc1nc(N2CCOCC2)c2cnn(CCNC(=O)CCCBr)c2n1. The number of hydrogen-bond acceptors (Lipinski definition) is 7. The molecule has 0 spiro atoms. The number of hydrogen-bond donors (Lipinski definition) is 1. The van der Waals surface area contributed by atoms with Crippen LogP contribution < -0.4 is 10.2 Å². The summed E-state index contributed by atoms with van der Waals surface area (Å²) in [5.74, 6) is 1.98. The predicted octanol–water partition coefficient (Wildman–Crippen LogP) is 2.46. The first-order chi connectivity index (χ1) is 13.7. The van der Waals surface area contributed by atoms with Gasteiger partial charge in [0.2, 0.25) is 5.91 Å². The summed E-state index contributed by atoms with van der Waals surface area (Å²) in [6, 6.07) is 0. The topological polar surface area (TPSA) is 85.2 Å². The van der Waals surface area contributed by atoms with Gasteiger partial charge in [-0.1, -0.05) is 34.6 Å². The van der Waals surface area contributed by atoms with E-state index < -0.39 is 0 Å². The Kier molecular flexibility index (Phi) is 8.35. The van der Waals surface area contributed by atoms with Crippen LogP contribution in [0.25, 0.3) is 11.0 Å². The van der Waals surface area contributed by atoms with Crippen molar-refractivity contribution in [2.75, 3.05) is 48.8 Å². The second-order valence-corrected chi connectivity index (χ2v) is 8.38. The molecule has 0 radical (unpaired) electrons. The minimum absolute atomic E-state index is 0.0683. The average Bonchev–Trinajstić information content (AvgIpc) is 3.13. The third-order valence-corrected chi connectivity index (χ3v) is 6.00. The zero-order valence-electron chi connectivity index (χ0n) is 16.2. The van der Waals surface area contributed by atoms with Crippen LogP contribution in [0.1, 0.15) is 26.2 Å². The standard InChI is InChI=1S/C18H27BrN6O2S/c1-2-12-28-18-22-16(24-8-10-27-11-9-24)14-13-21-25(17(14)23-18)7-6-20-15(26)4-3-5-19/h13H,2-12H2,1H3,(H,20,26). The molecule has 28 heavy (non-hydrogen) atoms. The molecule has 0 saturated carbocycles. The maximum Gasteiger partial charge on any atom is 0.220 e. The van der Waals surface area contributed by atoms with Crippen LogP contribution in [0.5, 0.6) is 0 Å². The van der Waals surface area contributed by atoms with Crippen molar-refractivity contribution in [2.45, 2.75) is 37.9 Å². The summed E-state index contributed by atoms with van der Waals surface area (Å²) in [6.45, 7) is 6.32. The van der Waals surface area contributed by atoms with Crippen LogP contribution in [-0.2, 0) is 16.1 Å². The molecule has 0 unspecified atom stereocenters. The fraction of sp³-hybridized carbons (Fsp3) is 0.667. The quantitative estimate of drug-likeness (QED) is 0.324. The molecule has 1 aliphatic rings. The lowest BCUT2D eigenvalue weighted by Crippen LogP contribution is -2.37. The van der Waals surface area contributed by atoms with Gasteiger partial charge < -0.3 is 15.0 Å². The van der Waals surface area contributed by atoms with Crippen molar-refractivity contribution in [3.8, 4) is 0 Å². The molecule has 1 aliphatic heterocycles. The Morgan fingerprint density at radius 3 is 2.93 bits per heavy atom. The second kappa shape index (κ2) is 11.0. The summed E-state index contributed by atoms with van der Waals surface area (Å²) >= 11 is 5.01. The van der Waals surface area contributed by atoms with Gasteiger partial charge >= 0.3 is 0 Å². The Labute approximate surface area is 177 Å². The molecule has 154 valence electrons. The number of alkyl halides is 1. The van der Waals surface area contributed by atoms with Gasteiger partial charge in [0.05, 0.1) is 31.3 Å². The normalized spacial score (nSPS) is 14.6. The van der Waals surface area contributed by atoms with Gasteiger partial charge in [-0.25, -0.2) is 14.6 Å². The van der Waals surface area contributed by atoms with Crippen molar-refractivity contribution in [3.05, 3.63) is 6.20 Å². The molecule has 0 aromatic carbocycles. The van der Waals surface area contributed by atoms with E-state index >= 15 is 0 Å². The molecular formula is C18H27BrN6O2S. The van der Waals surface area contributed by atoms with Crippen LogP contribution >= 0.6 is 27.7 Å². The van der Waals surface area contributed by atoms with Crippen LogP contribution in [0.15, 0.2) is 11.4 Å². The Hall–Kier alpha value is -1.39. The van der Waals surface area contributed by atoms with Crippen molar-refractivity contribution in [3.63, 3.8) is 0 Å². The van der Waals surface area contributed by atoms with Crippen molar-refractivity contribution in [1.82, 2.24) is 25.1 Å². The maximum atomic E-state index is 11.8. The Morgan fingerprint density at radius 2 is 2.18 bits per heavy atom. The van der Waals surface area contributed by atoms with Crippen LogP contribution in [0.4, 0.5) is 5.82 Å². The first kappa shape index (κ1) is 21.3. The number of morpholine rings is 1. The van der Waals surface area contributed by atoms with E-state index in [1.807, 2.05) is 10.9 Å². The van der Waals surface area contributed by atoms with Gasteiger partial charge in [0.25, 0.3) is 0 Å². The van der Waals surface area contributed by atoms with Crippen molar-refractivity contribution >= 4 is 50.5 Å². The zero-order valence-corrected chi connectivity index (χ0v) is 18.6. The number of carbonyl (C=O) groups excluding carboxylic acids is 1. The number of nitrogens with zero attached hydrogens (tertiary/aromatic N) is 5. The molecule has 1 saturated heterocycles. The van der Waals surface area contributed by atoms with Gasteiger partial charge in [-0.05, 0) is 12.8 Å². The van der Waals surface area contributed by atoms with Gasteiger partial charge in [0.15, 0.2) is 10.8 Å². The highest BCUT2D eigenvalue weighted by Gasteiger charge is 2.20. The third kappa shape index (κ3) is 5.57. The lowest BCUT2D eigenvalue weighted by Gasteiger charge is -2.28. The molecule has 2 aromatic rings. The maximum absolute atomic E-state index is 11.8. The highest BCUT2D eigenvalue weighted by atomic mass is 79.9. The van der Waals surface area contributed by atoms with E-state index in [-0.39, 0.29) is 5.91 Å². The largest absolute Gasteiger partial charge is 0.378 e. The minimum atomic E-state index is 0.0683. The third-order valence-electron chi connectivity index (χ3n) is 4.38. The number of anilines is 1. The summed E-state index contributed by atoms with van der Waals surface area (Å²) in [5, 5.41) is 10.0. The first-order valence-corrected chi connectivity index (χ1v) is 11.9. The molecule has 0 bridgehead atoms. The molecule has 10 heteroatoms. The lowest BCUT2D eigenvalue weighted by molar-refractivity contribution is -0.121. The minimum Gasteiger partial charge on any atom is -0.378 e. The molecule has 1 N–H and O–H groups in total. The van der Waals surface area contributed by atoms with E-state index in [0.717, 1.165) is 59.0 Å². The number of aromatic nitrogens is 4. The second-order valence-electron chi connectivity index (χ2n) is 6.53. The van der Waals surface area contributed by atoms with Gasteiger partial charge in [-0.15, -0.1) is 0 Å². The van der Waals surface area contributed by atoms with E-state index in [2.05, 4.69) is 38.2 Å². The predicted molar refractivity (Wildman–Crippen MR) is 115 cm³/mol. The van der Waals surface area contributed by atoms with Crippen LogP contribution in [0.3, 0.4) is 0 Å². The van der Waals surface area contributed by atoms with E-state index in [9.17, 15) is 4.79 Å². The smallest absolute Gasteiger partial charge is 0.220 e. The Morgan fingerprint density at radius 1 is 1.36 bits per heavy atom. The first-order valence-electron chi connectivity index (χ1n) is 9.74. The van der Waals surface area contributed by atoms with Gasteiger partial charge in [0, 0.05) is 37.1 Å². The Bertz CT molecular complexity index is 781. The Balaban J connectivity index is 1.78. The molecule has 1 amide bonds. The number of nitrogens with one attached hydrogen (secondary N) is 1. The summed E-state index contributed by atoms with van der Waals surface area (Å²) in [5.41, 5.74) is 0.824.